The standard InChI is InChI=1S/C14H16N4OS/c1-4-17-13-12(9(2)16-17)15-14(20)18(13)10-5-7-11(19-3)8-6-10/h5-8H,4H2,1-3H3,(H,15,20). The molecule has 1 aromatic carbocycles. The van der Waals surface area contributed by atoms with Crippen molar-refractivity contribution in [2.24, 2.45) is 0 Å². The molecule has 0 aliphatic heterocycles. The summed E-state index contributed by atoms with van der Waals surface area (Å²) < 4.78 is 9.83. The summed E-state index contributed by atoms with van der Waals surface area (Å²) in [6.07, 6.45) is 0. The molecule has 5 nitrogen and oxygen atoms in total. The van der Waals surface area contributed by atoms with Gasteiger partial charge in [-0.05, 0) is 50.3 Å². The Bertz CT molecular complexity index is 810. The lowest BCUT2D eigenvalue weighted by molar-refractivity contribution is 0.414. The van der Waals surface area contributed by atoms with Crippen LogP contribution in [0.1, 0.15) is 12.6 Å². The number of fused-ring (bicyclic) bond motifs is 1. The number of H-pyrrole nitrogens is 1. The van der Waals surface area contributed by atoms with Crippen molar-refractivity contribution in [3.63, 3.8) is 0 Å². The summed E-state index contributed by atoms with van der Waals surface area (Å²) >= 11 is 5.45. The molecule has 0 amide bonds. The highest BCUT2D eigenvalue weighted by Crippen LogP contribution is 2.23. The summed E-state index contributed by atoms with van der Waals surface area (Å²) in [6, 6.07) is 7.83. The van der Waals surface area contributed by atoms with E-state index in [-0.39, 0.29) is 0 Å². The average Bonchev–Trinajstić information content (AvgIpc) is 2.96. The third kappa shape index (κ3) is 1.84. The molecule has 0 spiro atoms. The van der Waals surface area contributed by atoms with E-state index in [4.69, 9.17) is 17.0 Å². The predicted molar refractivity (Wildman–Crippen MR) is 81.2 cm³/mol. The Balaban J connectivity index is 2.28. The van der Waals surface area contributed by atoms with Crippen molar-refractivity contribution >= 4 is 23.4 Å². The van der Waals surface area contributed by atoms with Crippen LogP contribution in [0.15, 0.2) is 24.3 Å². The number of hydrogen-bond acceptors (Lipinski definition) is 3. The first kappa shape index (κ1) is 12.9. The molecule has 0 fully saturated rings. The summed E-state index contributed by atoms with van der Waals surface area (Å²) in [5, 5.41) is 4.52. The van der Waals surface area contributed by atoms with Crippen LogP contribution in [0.25, 0.3) is 16.9 Å². The molecule has 2 heterocycles. The van der Waals surface area contributed by atoms with Crippen LogP contribution in [0.3, 0.4) is 0 Å². The third-order valence-electron chi connectivity index (χ3n) is 3.38. The van der Waals surface area contributed by atoms with Gasteiger partial charge in [-0.1, -0.05) is 0 Å². The molecular weight excluding hydrogens is 272 g/mol. The minimum absolute atomic E-state index is 0.674. The summed E-state index contributed by atoms with van der Waals surface area (Å²) in [5.74, 6) is 0.826. The number of rotatable bonds is 3. The predicted octanol–water partition coefficient (Wildman–Crippen LogP) is 3.22. The summed E-state index contributed by atoms with van der Waals surface area (Å²) in [5.41, 5.74) is 3.95. The molecule has 0 saturated carbocycles. The minimum atomic E-state index is 0.674. The van der Waals surface area contributed by atoms with Gasteiger partial charge in [0.2, 0.25) is 0 Å². The topological polar surface area (TPSA) is 47.8 Å². The molecule has 0 unspecified atom stereocenters. The highest BCUT2D eigenvalue weighted by atomic mass is 32.1. The van der Waals surface area contributed by atoms with Crippen molar-refractivity contribution in [1.29, 1.82) is 0 Å². The fraction of sp³-hybridized carbons (Fsp3) is 0.286. The first-order valence-corrected chi connectivity index (χ1v) is 6.89. The Labute approximate surface area is 121 Å². The van der Waals surface area contributed by atoms with E-state index < -0.39 is 0 Å². The fourth-order valence-electron chi connectivity index (χ4n) is 2.39. The van der Waals surface area contributed by atoms with Crippen LogP contribution in [0.5, 0.6) is 5.75 Å². The molecule has 3 aromatic rings. The van der Waals surface area contributed by atoms with E-state index in [1.165, 1.54) is 0 Å². The highest BCUT2D eigenvalue weighted by molar-refractivity contribution is 7.71. The second-order valence-corrected chi connectivity index (χ2v) is 4.95. The van der Waals surface area contributed by atoms with Gasteiger partial charge >= 0.3 is 0 Å². The first-order valence-electron chi connectivity index (χ1n) is 6.48. The van der Waals surface area contributed by atoms with Gasteiger partial charge in [-0.15, -0.1) is 0 Å². The summed E-state index contributed by atoms with van der Waals surface area (Å²) in [4.78, 5) is 3.24. The van der Waals surface area contributed by atoms with Crippen LogP contribution < -0.4 is 4.74 Å². The zero-order chi connectivity index (χ0) is 14.3. The maximum Gasteiger partial charge on any atom is 0.184 e. The van der Waals surface area contributed by atoms with E-state index in [0.717, 1.165) is 34.8 Å². The Hall–Kier alpha value is -2.08. The van der Waals surface area contributed by atoms with Gasteiger partial charge in [-0.2, -0.15) is 5.10 Å². The normalized spacial score (nSPS) is 11.2. The smallest absolute Gasteiger partial charge is 0.184 e. The van der Waals surface area contributed by atoms with Gasteiger partial charge < -0.3 is 9.72 Å². The van der Waals surface area contributed by atoms with Gasteiger partial charge in [-0.3, -0.25) is 4.57 Å². The minimum Gasteiger partial charge on any atom is -0.497 e. The molecule has 1 N–H and O–H groups in total. The lowest BCUT2D eigenvalue weighted by Gasteiger charge is -2.07. The van der Waals surface area contributed by atoms with Crippen LogP contribution in [-0.4, -0.2) is 26.4 Å². The second-order valence-electron chi connectivity index (χ2n) is 4.56. The summed E-state index contributed by atoms with van der Waals surface area (Å²) in [7, 11) is 1.66. The molecule has 0 bridgehead atoms. The molecule has 20 heavy (non-hydrogen) atoms. The van der Waals surface area contributed by atoms with Crippen LogP contribution in [-0.2, 0) is 6.54 Å². The van der Waals surface area contributed by atoms with Gasteiger partial charge in [-0.25, -0.2) is 4.68 Å². The SMILES string of the molecule is CCn1nc(C)c2[nH]c(=S)n(-c3ccc(OC)cc3)c21. The number of aryl methyl sites for hydroxylation is 2. The fourth-order valence-corrected chi connectivity index (χ4v) is 2.69. The van der Waals surface area contributed by atoms with Crippen molar-refractivity contribution in [3.05, 3.63) is 34.7 Å². The molecule has 0 radical (unpaired) electrons. The van der Waals surface area contributed by atoms with E-state index in [1.807, 2.05) is 40.4 Å². The number of aromatic nitrogens is 4. The van der Waals surface area contributed by atoms with Gasteiger partial charge in [0.15, 0.2) is 10.4 Å². The van der Waals surface area contributed by atoms with E-state index in [2.05, 4.69) is 17.0 Å². The first-order chi connectivity index (χ1) is 9.65. The number of hydrogen-bond donors (Lipinski definition) is 1. The number of methoxy groups -OCH3 is 1. The van der Waals surface area contributed by atoms with E-state index in [9.17, 15) is 0 Å². The van der Waals surface area contributed by atoms with E-state index >= 15 is 0 Å². The lowest BCUT2D eigenvalue weighted by Crippen LogP contribution is -2.03. The van der Waals surface area contributed by atoms with Gasteiger partial charge in [0.25, 0.3) is 0 Å². The highest BCUT2D eigenvalue weighted by Gasteiger charge is 2.14. The van der Waals surface area contributed by atoms with E-state index in [1.54, 1.807) is 7.11 Å². The Kier molecular flexibility index (Phi) is 3.10. The van der Waals surface area contributed by atoms with Crippen LogP contribution in [0.4, 0.5) is 0 Å². The molecule has 104 valence electrons. The molecule has 0 aliphatic carbocycles. The Morgan fingerprint density at radius 3 is 2.60 bits per heavy atom. The zero-order valence-corrected chi connectivity index (χ0v) is 12.5. The lowest BCUT2D eigenvalue weighted by atomic mass is 10.3. The van der Waals surface area contributed by atoms with Gasteiger partial charge in [0.1, 0.15) is 11.3 Å². The monoisotopic (exact) mass is 288 g/mol. The number of imidazole rings is 1. The van der Waals surface area contributed by atoms with Crippen molar-refractivity contribution in [1.82, 2.24) is 19.3 Å². The van der Waals surface area contributed by atoms with Gasteiger partial charge in [0.05, 0.1) is 18.5 Å². The largest absolute Gasteiger partial charge is 0.497 e. The van der Waals surface area contributed by atoms with Crippen molar-refractivity contribution < 1.29 is 4.74 Å². The molecule has 6 heteroatoms. The number of ether oxygens (including phenoxy) is 1. The molecule has 0 atom stereocenters. The number of aromatic amines is 1. The molecule has 0 saturated heterocycles. The Morgan fingerprint density at radius 2 is 2.00 bits per heavy atom. The van der Waals surface area contributed by atoms with E-state index in [0.29, 0.717) is 4.77 Å². The molecule has 0 aliphatic rings. The average molecular weight is 288 g/mol. The number of nitrogens with one attached hydrogen (secondary N) is 1. The number of benzene rings is 1. The molecular formula is C14H16N4OS. The number of nitrogens with zero attached hydrogens (tertiary/aromatic N) is 3. The summed E-state index contributed by atoms with van der Waals surface area (Å²) in [6.45, 7) is 4.85. The second kappa shape index (κ2) is 4.79. The van der Waals surface area contributed by atoms with Crippen molar-refractivity contribution in [2.75, 3.05) is 7.11 Å². The van der Waals surface area contributed by atoms with Gasteiger partial charge in [0, 0.05) is 6.54 Å². The maximum atomic E-state index is 5.45. The Morgan fingerprint density at radius 1 is 1.30 bits per heavy atom. The van der Waals surface area contributed by atoms with Crippen molar-refractivity contribution in [2.45, 2.75) is 20.4 Å². The van der Waals surface area contributed by atoms with Crippen LogP contribution in [0, 0.1) is 11.7 Å². The van der Waals surface area contributed by atoms with Crippen molar-refractivity contribution in [3.8, 4) is 11.4 Å². The van der Waals surface area contributed by atoms with Crippen LogP contribution in [0.2, 0.25) is 0 Å². The zero-order valence-electron chi connectivity index (χ0n) is 11.7. The third-order valence-corrected chi connectivity index (χ3v) is 3.66. The molecule has 2 aromatic heterocycles. The van der Waals surface area contributed by atoms with Crippen LogP contribution >= 0.6 is 12.2 Å². The maximum absolute atomic E-state index is 5.45. The quantitative estimate of drug-likeness (QED) is 0.753. The molecule has 3 rings (SSSR count).